The second-order valence-electron chi connectivity index (χ2n) is 6.01. The van der Waals surface area contributed by atoms with E-state index in [4.69, 9.17) is 23.2 Å². The van der Waals surface area contributed by atoms with Crippen molar-refractivity contribution in [3.8, 4) is 0 Å². The minimum absolute atomic E-state index is 0.111. The molecule has 6 nitrogen and oxygen atoms in total. The summed E-state index contributed by atoms with van der Waals surface area (Å²) in [5, 5.41) is 12.7. The van der Waals surface area contributed by atoms with Gasteiger partial charge in [-0.15, -0.1) is 0 Å². The Morgan fingerprint density at radius 2 is 1.85 bits per heavy atom. The number of carbonyl (C=O) groups is 3. The summed E-state index contributed by atoms with van der Waals surface area (Å²) < 4.78 is 4.69. The Hall–Kier alpha value is -2.05. The van der Waals surface area contributed by atoms with E-state index in [9.17, 15) is 19.5 Å². The minimum Gasteiger partial charge on any atom is -0.481 e. The number of benzene rings is 1. The molecule has 0 bridgehead atoms. The van der Waals surface area contributed by atoms with Gasteiger partial charge in [0.25, 0.3) is 0 Å². The van der Waals surface area contributed by atoms with Crippen LogP contribution in [0.25, 0.3) is 0 Å². The molecule has 0 aliphatic heterocycles. The van der Waals surface area contributed by atoms with Gasteiger partial charge in [-0.3, -0.25) is 14.4 Å². The van der Waals surface area contributed by atoms with E-state index in [1.165, 1.54) is 7.11 Å². The fourth-order valence-corrected chi connectivity index (χ4v) is 3.19. The third kappa shape index (κ3) is 4.99. The van der Waals surface area contributed by atoms with E-state index in [2.05, 4.69) is 10.1 Å². The standard InChI is InChI=1S/C18H19Cl2NO5/c1-26-16(22)9-15(10-6-7-13(19)14(20)8-10)21-17(23)11-4-2-3-5-12(11)18(24)25/h2-3,6-8,11-12,15H,4-5,9H2,1H3,(H,21,23)(H,24,25). The zero-order valence-corrected chi connectivity index (χ0v) is 15.6. The summed E-state index contributed by atoms with van der Waals surface area (Å²) in [5.74, 6) is -3.47. The second-order valence-corrected chi connectivity index (χ2v) is 6.82. The third-order valence-electron chi connectivity index (χ3n) is 4.35. The predicted molar refractivity (Wildman–Crippen MR) is 97.0 cm³/mol. The van der Waals surface area contributed by atoms with Crippen LogP contribution in [0.15, 0.2) is 30.4 Å². The summed E-state index contributed by atoms with van der Waals surface area (Å²) in [6, 6.07) is 4.08. The molecule has 0 saturated carbocycles. The van der Waals surface area contributed by atoms with Crippen LogP contribution in [0.4, 0.5) is 0 Å². The van der Waals surface area contributed by atoms with E-state index in [1.807, 2.05) is 0 Å². The molecule has 0 aromatic heterocycles. The summed E-state index contributed by atoms with van der Waals surface area (Å²) in [4.78, 5) is 35.8. The second kappa shape index (κ2) is 9.05. The van der Waals surface area contributed by atoms with E-state index >= 15 is 0 Å². The average Bonchev–Trinajstić information content (AvgIpc) is 2.63. The average molecular weight is 400 g/mol. The van der Waals surface area contributed by atoms with Gasteiger partial charge >= 0.3 is 11.9 Å². The number of hydrogen-bond donors (Lipinski definition) is 2. The predicted octanol–water partition coefficient (Wildman–Crippen LogP) is 3.38. The summed E-state index contributed by atoms with van der Waals surface area (Å²) >= 11 is 11.9. The molecule has 1 aromatic carbocycles. The number of halogens is 2. The van der Waals surface area contributed by atoms with Crippen LogP contribution in [0.1, 0.15) is 30.9 Å². The molecule has 0 saturated heterocycles. The van der Waals surface area contributed by atoms with Crippen molar-refractivity contribution in [1.82, 2.24) is 5.32 Å². The summed E-state index contributed by atoms with van der Waals surface area (Å²) in [5.41, 5.74) is 0.580. The number of esters is 1. The number of carboxylic acid groups (broad SMARTS) is 1. The Morgan fingerprint density at radius 1 is 1.19 bits per heavy atom. The quantitative estimate of drug-likeness (QED) is 0.564. The largest absolute Gasteiger partial charge is 0.481 e. The number of aliphatic carboxylic acids is 1. The van der Waals surface area contributed by atoms with Crippen LogP contribution >= 0.6 is 23.2 Å². The van der Waals surface area contributed by atoms with E-state index < -0.39 is 35.7 Å². The summed E-state index contributed by atoms with van der Waals surface area (Å²) in [6.07, 6.45) is 4.06. The van der Waals surface area contributed by atoms with Gasteiger partial charge in [-0.05, 0) is 30.5 Å². The lowest BCUT2D eigenvalue weighted by Gasteiger charge is -2.27. The van der Waals surface area contributed by atoms with E-state index in [0.29, 0.717) is 23.4 Å². The molecule has 1 aliphatic carbocycles. The van der Waals surface area contributed by atoms with Crippen molar-refractivity contribution in [2.24, 2.45) is 11.8 Å². The molecular weight excluding hydrogens is 381 g/mol. The number of ether oxygens (including phenoxy) is 1. The minimum atomic E-state index is -1.02. The lowest BCUT2D eigenvalue weighted by atomic mass is 9.82. The van der Waals surface area contributed by atoms with Gasteiger partial charge in [-0.1, -0.05) is 41.4 Å². The van der Waals surface area contributed by atoms with Crippen molar-refractivity contribution in [3.63, 3.8) is 0 Å². The summed E-state index contributed by atoms with van der Waals surface area (Å²) in [6.45, 7) is 0. The molecule has 0 radical (unpaired) electrons. The highest BCUT2D eigenvalue weighted by Gasteiger charge is 2.35. The number of carboxylic acids is 1. The number of rotatable bonds is 6. The van der Waals surface area contributed by atoms with Crippen molar-refractivity contribution >= 4 is 41.0 Å². The van der Waals surface area contributed by atoms with Gasteiger partial charge in [-0.25, -0.2) is 0 Å². The number of methoxy groups -OCH3 is 1. The van der Waals surface area contributed by atoms with Crippen LogP contribution in [0.5, 0.6) is 0 Å². The van der Waals surface area contributed by atoms with Crippen LogP contribution in [0.3, 0.4) is 0 Å². The van der Waals surface area contributed by atoms with E-state index in [-0.39, 0.29) is 11.4 Å². The van der Waals surface area contributed by atoms with Gasteiger partial charge in [0.2, 0.25) is 5.91 Å². The maximum absolute atomic E-state index is 12.7. The third-order valence-corrected chi connectivity index (χ3v) is 5.09. The molecule has 2 N–H and O–H groups in total. The first kappa shape index (κ1) is 20.3. The van der Waals surface area contributed by atoms with Crippen molar-refractivity contribution < 1.29 is 24.2 Å². The molecule has 26 heavy (non-hydrogen) atoms. The normalized spacial score (nSPS) is 20.3. The number of amides is 1. The van der Waals surface area contributed by atoms with Crippen molar-refractivity contribution in [2.75, 3.05) is 7.11 Å². The first-order valence-corrected chi connectivity index (χ1v) is 8.79. The highest BCUT2D eigenvalue weighted by Crippen LogP contribution is 2.30. The highest BCUT2D eigenvalue weighted by atomic mass is 35.5. The Balaban J connectivity index is 2.23. The van der Waals surface area contributed by atoms with Gasteiger partial charge < -0.3 is 15.2 Å². The monoisotopic (exact) mass is 399 g/mol. The fraction of sp³-hybridized carbons (Fsp3) is 0.389. The molecule has 1 amide bonds. The topological polar surface area (TPSA) is 92.7 Å². The lowest BCUT2D eigenvalue weighted by molar-refractivity contribution is -0.148. The molecule has 2 rings (SSSR count). The fourth-order valence-electron chi connectivity index (χ4n) is 2.89. The van der Waals surface area contributed by atoms with Gasteiger partial charge in [0.15, 0.2) is 0 Å². The first-order chi connectivity index (χ1) is 12.3. The van der Waals surface area contributed by atoms with Gasteiger partial charge in [-0.2, -0.15) is 0 Å². The number of allylic oxidation sites excluding steroid dienone is 2. The van der Waals surface area contributed by atoms with Crippen LogP contribution in [-0.2, 0) is 19.1 Å². The van der Waals surface area contributed by atoms with Gasteiger partial charge in [0.1, 0.15) is 0 Å². The molecule has 0 spiro atoms. The van der Waals surface area contributed by atoms with Gasteiger partial charge in [0, 0.05) is 0 Å². The Labute approximate surface area is 161 Å². The molecule has 3 atom stereocenters. The van der Waals surface area contributed by atoms with E-state index in [0.717, 1.165) is 0 Å². The van der Waals surface area contributed by atoms with Crippen molar-refractivity contribution in [2.45, 2.75) is 25.3 Å². The van der Waals surface area contributed by atoms with Crippen molar-refractivity contribution in [1.29, 1.82) is 0 Å². The molecule has 140 valence electrons. The molecule has 1 aromatic rings. The SMILES string of the molecule is COC(=O)CC(NC(=O)C1CC=CCC1C(=O)O)c1ccc(Cl)c(Cl)c1. The van der Waals surface area contributed by atoms with Crippen LogP contribution < -0.4 is 5.32 Å². The smallest absolute Gasteiger partial charge is 0.307 e. The molecular formula is C18H19Cl2NO5. The highest BCUT2D eigenvalue weighted by molar-refractivity contribution is 6.42. The molecule has 0 heterocycles. The zero-order chi connectivity index (χ0) is 19.3. The zero-order valence-electron chi connectivity index (χ0n) is 14.1. The van der Waals surface area contributed by atoms with E-state index in [1.54, 1.807) is 30.4 Å². The van der Waals surface area contributed by atoms with Crippen molar-refractivity contribution in [3.05, 3.63) is 46.0 Å². The Morgan fingerprint density at radius 3 is 2.42 bits per heavy atom. The number of nitrogens with one attached hydrogen (secondary N) is 1. The molecule has 1 aliphatic rings. The Bertz CT molecular complexity index is 734. The van der Waals surface area contributed by atoms with Crippen LogP contribution in [0, 0.1) is 11.8 Å². The molecule has 3 unspecified atom stereocenters. The molecule has 8 heteroatoms. The molecule has 0 fully saturated rings. The maximum atomic E-state index is 12.7. The Kier molecular flexibility index (Phi) is 7.06. The van der Waals surface area contributed by atoms with Crippen LogP contribution in [-0.4, -0.2) is 30.1 Å². The number of carbonyl (C=O) groups excluding carboxylic acids is 2. The summed E-state index contributed by atoms with van der Waals surface area (Å²) in [7, 11) is 1.25. The van der Waals surface area contributed by atoms with Crippen LogP contribution in [0.2, 0.25) is 10.0 Å². The number of hydrogen-bond acceptors (Lipinski definition) is 4. The van der Waals surface area contributed by atoms with Gasteiger partial charge in [0.05, 0.1) is 41.5 Å². The maximum Gasteiger partial charge on any atom is 0.307 e. The first-order valence-electron chi connectivity index (χ1n) is 8.03. The lowest BCUT2D eigenvalue weighted by Crippen LogP contribution is -2.41.